The van der Waals surface area contributed by atoms with Crippen molar-refractivity contribution >= 4 is 0 Å². The Labute approximate surface area is 120 Å². The maximum Gasteiger partial charge on any atom is 0.226 e. The van der Waals surface area contributed by atoms with Gasteiger partial charge in [0.05, 0.1) is 12.1 Å². The molecule has 2 unspecified atom stereocenters. The maximum atomic E-state index is 5.74. The average molecular weight is 279 g/mol. The van der Waals surface area contributed by atoms with E-state index in [2.05, 4.69) is 15.5 Å². The molecular formula is C15H25N3O2. The molecule has 20 heavy (non-hydrogen) atoms. The number of aromatic nitrogens is 2. The molecule has 0 spiro atoms. The normalized spacial score (nSPS) is 28.2. The summed E-state index contributed by atoms with van der Waals surface area (Å²) in [6.07, 6.45) is 10.8. The molecule has 2 aliphatic rings. The van der Waals surface area contributed by atoms with Gasteiger partial charge in [-0.3, -0.25) is 0 Å². The zero-order valence-electron chi connectivity index (χ0n) is 12.1. The quantitative estimate of drug-likeness (QED) is 0.918. The summed E-state index contributed by atoms with van der Waals surface area (Å²) in [4.78, 5) is 4.56. The number of nitrogens with one attached hydrogen (secondary N) is 1. The third kappa shape index (κ3) is 3.79. The fourth-order valence-electron chi connectivity index (χ4n) is 3.08. The van der Waals surface area contributed by atoms with Crippen LogP contribution in [0.5, 0.6) is 0 Å². The van der Waals surface area contributed by atoms with Gasteiger partial charge in [0, 0.05) is 13.0 Å². The summed E-state index contributed by atoms with van der Waals surface area (Å²) in [6.45, 7) is 1.97. The average Bonchev–Trinajstić information content (AvgIpc) is 2.80. The Morgan fingerprint density at radius 2 is 2.05 bits per heavy atom. The van der Waals surface area contributed by atoms with Crippen molar-refractivity contribution in [3.05, 3.63) is 11.7 Å². The van der Waals surface area contributed by atoms with Crippen molar-refractivity contribution in [2.45, 2.75) is 69.9 Å². The lowest BCUT2D eigenvalue weighted by Gasteiger charge is -2.21. The molecule has 112 valence electrons. The third-order valence-electron chi connectivity index (χ3n) is 4.31. The van der Waals surface area contributed by atoms with Crippen molar-refractivity contribution in [2.24, 2.45) is 0 Å². The number of aryl methyl sites for hydroxylation is 1. The van der Waals surface area contributed by atoms with Crippen LogP contribution in [-0.4, -0.2) is 29.4 Å². The van der Waals surface area contributed by atoms with Gasteiger partial charge in [-0.25, -0.2) is 0 Å². The van der Waals surface area contributed by atoms with Gasteiger partial charge in [0.2, 0.25) is 5.89 Å². The molecule has 0 bridgehead atoms. The first-order valence-electron chi connectivity index (χ1n) is 8.09. The molecule has 1 aromatic heterocycles. The highest BCUT2D eigenvalue weighted by molar-refractivity contribution is 4.95. The fourth-order valence-corrected chi connectivity index (χ4v) is 3.08. The molecule has 2 saturated heterocycles. The lowest BCUT2D eigenvalue weighted by molar-refractivity contribution is 0.0104. The Morgan fingerprint density at radius 1 is 1.10 bits per heavy atom. The topological polar surface area (TPSA) is 60.2 Å². The summed E-state index contributed by atoms with van der Waals surface area (Å²) in [7, 11) is 0. The van der Waals surface area contributed by atoms with Crippen molar-refractivity contribution in [1.82, 2.24) is 15.5 Å². The Kier molecular flexibility index (Phi) is 5.03. The molecule has 5 nitrogen and oxygen atoms in total. The van der Waals surface area contributed by atoms with Gasteiger partial charge in [-0.1, -0.05) is 18.0 Å². The van der Waals surface area contributed by atoms with Crippen LogP contribution in [-0.2, 0) is 11.2 Å². The van der Waals surface area contributed by atoms with E-state index in [1.54, 1.807) is 0 Å². The number of rotatable bonds is 4. The molecule has 2 aliphatic heterocycles. The highest BCUT2D eigenvalue weighted by Crippen LogP contribution is 2.21. The standard InChI is InChI=1S/C15H25N3O2/c1-2-7-13(16-10-4-1)15-17-14(20-18-15)9-8-12-6-3-5-11-19-12/h12-13,16H,1-11H2. The third-order valence-corrected chi connectivity index (χ3v) is 4.31. The second-order valence-corrected chi connectivity index (χ2v) is 5.93. The Bertz CT molecular complexity index is 394. The van der Waals surface area contributed by atoms with Crippen molar-refractivity contribution in [3.63, 3.8) is 0 Å². The first-order valence-corrected chi connectivity index (χ1v) is 8.09. The zero-order valence-corrected chi connectivity index (χ0v) is 12.1. The van der Waals surface area contributed by atoms with Crippen molar-refractivity contribution in [2.75, 3.05) is 13.2 Å². The summed E-state index contributed by atoms with van der Waals surface area (Å²) in [6, 6.07) is 0.279. The van der Waals surface area contributed by atoms with Gasteiger partial charge in [0.1, 0.15) is 0 Å². The summed E-state index contributed by atoms with van der Waals surface area (Å²) in [5, 5.41) is 7.66. The predicted molar refractivity (Wildman–Crippen MR) is 75.4 cm³/mol. The first kappa shape index (κ1) is 14.0. The van der Waals surface area contributed by atoms with Gasteiger partial charge in [-0.2, -0.15) is 4.98 Å². The number of hydrogen-bond acceptors (Lipinski definition) is 5. The maximum absolute atomic E-state index is 5.74. The Morgan fingerprint density at radius 3 is 2.95 bits per heavy atom. The number of nitrogens with zero attached hydrogens (tertiary/aromatic N) is 2. The minimum Gasteiger partial charge on any atom is -0.378 e. The SMILES string of the molecule is C1CCNC(c2noc(CCC3CCCCO3)n2)CC1. The van der Waals surface area contributed by atoms with Gasteiger partial charge in [-0.15, -0.1) is 0 Å². The van der Waals surface area contributed by atoms with Crippen LogP contribution in [0.2, 0.25) is 0 Å². The summed E-state index contributed by atoms with van der Waals surface area (Å²) < 4.78 is 11.1. The second-order valence-electron chi connectivity index (χ2n) is 5.93. The molecule has 3 rings (SSSR count). The van der Waals surface area contributed by atoms with E-state index >= 15 is 0 Å². The molecule has 0 radical (unpaired) electrons. The van der Waals surface area contributed by atoms with E-state index in [1.165, 1.54) is 38.5 Å². The summed E-state index contributed by atoms with van der Waals surface area (Å²) in [5.74, 6) is 1.60. The van der Waals surface area contributed by atoms with E-state index in [4.69, 9.17) is 9.26 Å². The van der Waals surface area contributed by atoms with Crippen molar-refractivity contribution < 1.29 is 9.26 Å². The Balaban J connectivity index is 1.50. The second kappa shape index (κ2) is 7.18. The molecule has 2 atom stereocenters. The minimum atomic E-state index is 0.279. The molecule has 3 heterocycles. The molecule has 2 fully saturated rings. The lowest BCUT2D eigenvalue weighted by Crippen LogP contribution is -2.21. The van der Waals surface area contributed by atoms with Crippen molar-refractivity contribution in [3.8, 4) is 0 Å². The highest BCUT2D eigenvalue weighted by Gasteiger charge is 2.20. The van der Waals surface area contributed by atoms with Gasteiger partial charge in [0.25, 0.3) is 0 Å². The van der Waals surface area contributed by atoms with Crippen LogP contribution in [0, 0.1) is 0 Å². The lowest BCUT2D eigenvalue weighted by atomic mass is 10.0. The van der Waals surface area contributed by atoms with E-state index in [9.17, 15) is 0 Å². The fraction of sp³-hybridized carbons (Fsp3) is 0.867. The van der Waals surface area contributed by atoms with Gasteiger partial charge >= 0.3 is 0 Å². The minimum absolute atomic E-state index is 0.279. The van der Waals surface area contributed by atoms with Crippen LogP contribution in [0.15, 0.2) is 4.52 Å². The number of hydrogen-bond donors (Lipinski definition) is 1. The summed E-state index contributed by atoms with van der Waals surface area (Å²) in [5.41, 5.74) is 0. The van der Waals surface area contributed by atoms with Crippen LogP contribution in [0.25, 0.3) is 0 Å². The van der Waals surface area contributed by atoms with Crippen LogP contribution in [0.1, 0.15) is 69.1 Å². The molecule has 5 heteroatoms. The van der Waals surface area contributed by atoms with Crippen LogP contribution in [0.4, 0.5) is 0 Å². The first-order chi connectivity index (χ1) is 9.92. The van der Waals surface area contributed by atoms with Crippen molar-refractivity contribution in [1.29, 1.82) is 0 Å². The van der Waals surface area contributed by atoms with E-state index in [-0.39, 0.29) is 6.04 Å². The van der Waals surface area contributed by atoms with E-state index in [0.717, 1.165) is 44.1 Å². The van der Waals surface area contributed by atoms with E-state index < -0.39 is 0 Å². The molecular weight excluding hydrogens is 254 g/mol. The van der Waals surface area contributed by atoms with Gasteiger partial charge in [0.15, 0.2) is 5.82 Å². The highest BCUT2D eigenvalue weighted by atomic mass is 16.5. The zero-order chi connectivity index (χ0) is 13.6. The molecule has 0 amide bonds. The monoisotopic (exact) mass is 279 g/mol. The largest absolute Gasteiger partial charge is 0.378 e. The molecule has 0 saturated carbocycles. The molecule has 1 aromatic rings. The van der Waals surface area contributed by atoms with Crippen LogP contribution >= 0.6 is 0 Å². The predicted octanol–water partition coefficient (Wildman–Crippen LogP) is 2.78. The summed E-state index contributed by atoms with van der Waals surface area (Å²) >= 11 is 0. The van der Waals surface area contributed by atoms with Gasteiger partial charge in [-0.05, 0) is 45.1 Å². The van der Waals surface area contributed by atoms with E-state index in [1.807, 2.05) is 0 Å². The molecule has 1 N–H and O–H groups in total. The smallest absolute Gasteiger partial charge is 0.226 e. The Hall–Kier alpha value is -0.940. The van der Waals surface area contributed by atoms with Gasteiger partial charge < -0.3 is 14.6 Å². The van der Waals surface area contributed by atoms with Crippen LogP contribution < -0.4 is 5.32 Å². The molecule has 0 aliphatic carbocycles. The molecule has 0 aromatic carbocycles. The van der Waals surface area contributed by atoms with Crippen LogP contribution in [0.3, 0.4) is 0 Å². The van der Waals surface area contributed by atoms with E-state index in [0.29, 0.717) is 6.10 Å². The number of ether oxygens (including phenoxy) is 1.